The lowest BCUT2D eigenvalue weighted by molar-refractivity contribution is -0.201. The Morgan fingerprint density at radius 2 is 1.79 bits per heavy atom. The molecule has 148 valence electrons. The fourth-order valence-electron chi connectivity index (χ4n) is 4.90. The number of hydrogen-bond donors (Lipinski definition) is 1. The molecule has 0 spiro atoms. The number of rotatable bonds is 5. The standard InChI is InChI=1S/C24H29NO3/c1-17-10-12-19(13-11-17)25-21(26)24-14-20(23(4,16-24)28-22(24,2)3)27-15-18-8-6-5-7-9-18/h5-13,20H,14-16H2,1-4H3,(H,25,26)/t20-,23+,24+/m0/s1. The Balaban J connectivity index is 1.53. The molecule has 1 heterocycles. The minimum absolute atomic E-state index is 0.0240. The number of hydrogen-bond acceptors (Lipinski definition) is 3. The summed E-state index contributed by atoms with van der Waals surface area (Å²) in [6.45, 7) is 8.70. The van der Waals surface area contributed by atoms with Gasteiger partial charge in [0.15, 0.2) is 0 Å². The molecule has 1 N–H and O–H groups in total. The van der Waals surface area contributed by atoms with Crippen molar-refractivity contribution in [3.8, 4) is 0 Å². The van der Waals surface area contributed by atoms with Gasteiger partial charge < -0.3 is 14.8 Å². The number of anilines is 1. The van der Waals surface area contributed by atoms with Gasteiger partial charge in [-0.2, -0.15) is 0 Å². The molecule has 2 bridgehead atoms. The van der Waals surface area contributed by atoms with Crippen LogP contribution in [0.5, 0.6) is 0 Å². The summed E-state index contributed by atoms with van der Waals surface area (Å²) in [5, 5.41) is 3.12. The van der Waals surface area contributed by atoms with Crippen LogP contribution in [-0.2, 0) is 20.9 Å². The number of aryl methyl sites for hydroxylation is 1. The van der Waals surface area contributed by atoms with Crippen molar-refractivity contribution in [3.63, 3.8) is 0 Å². The molecule has 2 fully saturated rings. The molecule has 4 heteroatoms. The maximum absolute atomic E-state index is 13.4. The number of fused-ring (bicyclic) bond motifs is 2. The van der Waals surface area contributed by atoms with Crippen LogP contribution < -0.4 is 5.32 Å². The highest BCUT2D eigenvalue weighted by Gasteiger charge is 2.71. The van der Waals surface area contributed by atoms with Crippen molar-refractivity contribution in [3.05, 3.63) is 65.7 Å². The topological polar surface area (TPSA) is 47.6 Å². The molecule has 28 heavy (non-hydrogen) atoms. The molecular weight excluding hydrogens is 350 g/mol. The zero-order chi connectivity index (χ0) is 20.0. The lowest BCUT2D eigenvalue weighted by Crippen LogP contribution is -2.54. The summed E-state index contributed by atoms with van der Waals surface area (Å²) in [6.07, 6.45) is 1.23. The fraction of sp³-hybridized carbons (Fsp3) is 0.458. The molecule has 1 saturated heterocycles. The van der Waals surface area contributed by atoms with E-state index in [2.05, 4.69) is 24.4 Å². The van der Waals surface area contributed by atoms with E-state index in [1.807, 2.05) is 63.2 Å². The van der Waals surface area contributed by atoms with Crippen LogP contribution in [0.4, 0.5) is 5.69 Å². The minimum Gasteiger partial charge on any atom is -0.371 e. The largest absolute Gasteiger partial charge is 0.371 e. The Morgan fingerprint density at radius 1 is 1.11 bits per heavy atom. The van der Waals surface area contributed by atoms with E-state index < -0.39 is 16.6 Å². The molecular formula is C24H29NO3. The molecule has 0 aromatic heterocycles. The molecule has 2 aromatic rings. The van der Waals surface area contributed by atoms with Crippen molar-refractivity contribution in [2.45, 2.75) is 64.4 Å². The zero-order valence-electron chi connectivity index (χ0n) is 17.1. The van der Waals surface area contributed by atoms with E-state index in [1.54, 1.807) is 0 Å². The Morgan fingerprint density at radius 3 is 2.46 bits per heavy atom. The van der Waals surface area contributed by atoms with Crippen molar-refractivity contribution < 1.29 is 14.3 Å². The summed E-state index contributed by atoms with van der Waals surface area (Å²) in [6, 6.07) is 18.0. The van der Waals surface area contributed by atoms with Gasteiger partial charge in [0.05, 0.1) is 29.3 Å². The third-order valence-corrected chi connectivity index (χ3v) is 6.55. The van der Waals surface area contributed by atoms with Crippen LogP contribution in [0.25, 0.3) is 0 Å². The predicted octanol–water partition coefficient (Wildman–Crippen LogP) is 4.87. The third-order valence-electron chi connectivity index (χ3n) is 6.55. The Labute approximate surface area is 167 Å². The first-order chi connectivity index (χ1) is 13.2. The van der Waals surface area contributed by atoms with E-state index >= 15 is 0 Å². The van der Waals surface area contributed by atoms with Crippen molar-refractivity contribution in [2.24, 2.45) is 5.41 Å². The van der Waals surface area contributed by atoms with Gasteiger partial charge >= 0.3 is 0 Å². The maximum Gasteiger partial charge on any atom is 0.233 e. The highest BCUT2D eigenvalue weighted by Crippen LogP contribution is 2.62. The summed E-state index contributed by atoms with van der Waals surface area (Å²) in [5.41, 5.74) is 1.53. The number of carbonyl (C=O) groups excluding carboxylic acids is 1. The smallest absolute Gasteiger partial charge is 0.233 e. The van der Waals surface area contributed by atoms with Crippen LogP contribution in [0, 0.1) is 12.3 Å². The zero-order valence-corrected chi connectivity index (χ0v) is 17.1. The molecule has 3 atom stereocenters. The highest BCUT2D eigenvalue weighted by molar-refractivity contribution is 5.97. The van der Waals surface area contributed by atoms with Crippen LogP contribution >= 0.6 is 0 Å². The van der Waals surface area contributed by atoms with Gasteiger partial charge in [0.25, 0.3) is 0 Å². The van der Waals surface area contributed by atoms with Crippen LogP contribution in [0.1, 0.15) is 44.7 Å². The Hall–Kier alpha value is -2.17. The SMILES string of the molecule is Cc1ccc(NC(=O)[C@@]23C[C@H](OCc4ccccc4)[C@@](C)(C2)OC3(C)C)cc1. The average Bonchev–Trinajstić information content (AvgIpc) is 3.07. The van der Waals surface area contributed by atoms with E-state index in [4.69, 9.17) is 9.47 Å². The molecule has 2 aromatic carbocycles. The van der Waals surface area contributed by atoms with Crippen molar-refractivity contribution in [2.75, 3.05) is 5.32 Å². The van der Waals surface area contributed by atoms with E-state index in [9.17, 15) is 4.79 Å². The Kier molecular flexibility index (Phi) is 4.59. The average molecular weight is 380 g/mol. The van der Waals surface area contributed by atoms with Gasteiger partial charge in [-0.3, -0.25) is 4.79 Å². The fourth-order valence-corrected chi connectivity index (χ4v) is 4.90. The van der Waals surface area contributed by atoms with Gasteiger partial charge in [0.2, 0.25) is 5.91 Å². The summed E-state index contributed by atoms with van der Waals surface area (Å²) in [5.74, 6) is 0.0240. The number of ether oxygens (including phenoxy) is 2. The second-order valence-electron chi connectivity index (χ2n) is 8.99. The van der Waals surface area contributed by atoms with Gasteiger partial charge in [-0.25, -0.2) is 0 Å². The molecule has 0 radical (unpaired) electrons. The molecule has 4 rings (SSSR count). The molecule has 1 saturated carbocycles. The number of benzene rings is 2. The second-order valence-corrected chi connectivity index (χ2v) is 8.99. The molecule has 0 unspecified atom stereocenters. The van der Waals surface area contributed by atoms with Crippen molar-refractivity contribution in [1.82, 2.24) is 0 Å². The third kappa shape index (κ3) is 3.15. The van der Waals surface area contributed by atoms with Gasteiger partial charge in [-0.05, 0) is 58.2 Å². The summed E-state index contributed by atoms with van der Waals surface area (Å²) >= 11 is 0. The van der Waals surface area contributed by atoms with Gasteiger partial charge in [-0.15, -0.1) is 0 Å². The molecule has 1 aliphatic carbocycles. The van der Waals surface area contributed by atoms with Crippen LogP contribution in [0.15, 0.2) is 54.6 Å². The molecule has 2 aliphatic rings. The van der Waals surface area contributed by atoms with Crippen molar-refractivity contribution >= 4 is 11.6 Å². The lowest BCUT2D eigenvalue weighted by Gasteiger charge is -2.44. The maximum atomic E-state index is 13.4. The van der Waals surface area contributed by atoms with Gasteiger partial charge in [-0.1, -0.05) is 48.0 Å². The normalized spacial score (nSPS) is 30.4. The lowest BCUT2D eigenvalue weighted by atomic mass is 9.72. The van der Waals surface area contributed by atoms with Crippen LogP contribution in [-0.4, -0.2) is 23.2 Å². The molecule has 1 amide bonds. The van der Waals surface area contributed by atoms with Crippen LogP contribution in [0.2, 0.25) is 0 Å². The molecule has 1 aliphatic heterocycles. The van der Waals surface area contributed by atoms with Gasteiger partial charge in [0.1, 0.15) is 0 Å². The van der Waals surface area contributed by atoms with E-state index in [1.165, 1.54) is 5.56 Å². The van der Waals surface area contributed by atoms with Crippen molar-refractivity contribution in [1.29, 1.82) is 0 Å². The highest BCUT2D eigenvalue weighted by atomic mass is 16.6. The summed E-state index contributed by atoms with van der Waals surface area (Å²) < 4.78 is 12.7. The number of nitrogens with one attached hydrogen (secondary N) is 1. The van der Waals surface area contributed by atoms with E-state index in [0.29, 0.717) is 19.4 Å². The monoisotopic (exact) mass is 379 g/mol. The minimum atomic E-state index is -0.603. The first-order valence-electron chi connectivity index (χ1n) is 9.98. The first kappa shape index (κ1) is 19.2. The number of amides is 1. The van der Waals surface area contributed by atoms with Crippen LogP contribution in [0.3, 0.4) is 0 Å². The van der Waals surface area contributed by atoms with Gasteiger partial charge in [0, 0.05) is 5.69 Å². The summed E-state index contributed by atoms with van der Waals surface area (Å²) in [4.78, 5) is 13.4. The quantitative estimate of drug-likeness (QED) is 0.806. The van der Waals surface area contributed by atoms with E-state index in [-0.39, 0.29) is 12.0 Å². The summed E-state index contributed by atoms with van der Waals surface area (Å²) in [7, 11) is 0. The second kappa shape index (κ2) is 6.71. The van der Waals surface area contributed by atoms with E-state index in [0.717, 1.165) is 11.3 Å². The predicted molar refractivity (Wildman–Crippen MR) is 110 cm³/mol. The molecule has 4 nitrogen and oxygen atoms in total. The Bertz CT molecular complexity index is 861. The number of carbonyl (C=O) groups is 1. The first-order valence-corrected chi connectivity index (χ1v) is 9.98.